The Morgan fingerprint density at radius 3 is 2.35 bits per heavy atom. The highest BCUT2D eigenvalue weighted by molar-refractivity contribution is 7.90. The highest BCUT2D eigenvalue weighted by Crippen LogP contribution is 2.35. The third-order valence-electron chi connectivity index (χ3n) is 2.97. The number of phenolic OH excluding ortho intramolecular Hbond substituents is 1. The van der Waals surface area contributed by atoms with E-state index in [1.807, 2.05) is 4.72 Å². The van der Waals surface area contributed by atoms with Crippen molar-refractivity contribution in [1.29, 1.82) is 0 Å². The van der Waals surface area contributed by atoms with Crippen molar-refractivity contribution >= 4 is 15.9 Å². The predicted octanol–water partition coefficient (Wildman–Crippen LogP) is 2.16. The molecule has 1 aliphatic heterocycles. The third-order valence-corrected chi connectivity index (χ3v) is 4.49. The highest BCUT2D eigenvalue weighted by atomic mass is 32.2. The summed E-state index contributed by atoms with van der Waals surface area (Å²) in [5.41, 5.74) is -1.51. The van der Waals surface area contributed by atoms with Gasteiger partial charge in [-0.2, -0.15) is 25.9 Å². The second-order valence-corrected chi connectivity index (χ2v) is 6.11. The molecule has 0 unspecified atom stereocenters. The molecule has 5 nitrogen and oxygen atoms in total. The molecule has 0 atom stereocenters. The van der Waals surface area contributed by atoms with Gasteiger partial charge in [0.15, 0.2) is 0 Å². The Kier molecular flexibility index (Phi) is 3.83. The maximum Gasteiger partial charge on any atom is 0.416 e. The molecular weight excluding hydrogens is 297 g/mol. The van der Waals surface area contributed by atoms with Gasteiger partial charge in [0.1, 0.15) is 5.75 Å². The molecule has 2 rings (SSSR count). The predicted molar refractivity (Wildman–Crippen MR) is 66.5 cm³/mol. The zero-order valence-electron chi connectivity index (χ0n) is 10.3. The van der Waals surface area contributed by atoms with Gasteiger partial charge < -0.3 is 5.11 Å². The first-order valence-corrected chi connectivity index (χ1v) is 7.32. The summed E-state index contributed by atoms with van der Waals surface area (Å²) in [6.07, 6.45) is -3.20. The number of nitrogens with one attached hydrogen (secondary N) is 1. The number of alkyl halides is 3. The van der Waals surface area contributed by atoms with E-state index in [4.69, 9.17) is 0 Å². The molecule has 2 N–H and O–H groups in total. The molecule has 0 bridgehead atoms. The molecule has 112 valence electrons. The van der Waals surface area contributed by atoms with Crippen LogP contribution in [0.2, 0.25) is 0 Å². The minimum Gasteiger partial charge on any atom is -0.506 e. The minimum atomic E-state index is -4.61. The van der Waals surface area contributed by atoms with Crippen LogP contribution in [0.15, 0.2) is 18.2 Å². The number of hydrogen-bond donors (Lipinski definition) is 2. The number of rotatable bonds is 3. The number of nitrogens with zero attached hydrogens (tertiary/aromatic N) is 1. The first-order valence-electron chi connectivity index (χ1n) is 5.88. The van der Waals surface area contributed by atoms with E-state index in [0.29, 0.717) is 38.1 Å². The van der Waals surface area contributed by atoms with Gasteiger partial charge in [-0.05, 0) is 31.0 Å². The Labute approximate surface area is 114 Å². The summed E-state index contributed by atoms with van der Waals surface area (Å²) in [5.74, 6) is -0.555. The molecular formula is C11H13F3N2O3S. The fourth-order valence-corrected chi connectivity index (χ4v) is 3.24. The highest BCUT2D eigenvalue weighted by Gasteiger charge is 2.32. The first kappa shape index (κ1) is 14.9. The quantitative estimate of drug-likeness (QED) is 0.841. The number of benzene rings is 1. The van der Waals surface area contributed by atoms with Crippen LogP contribution in [0.1, 0.15) is 18.4 Å². The molecule has 1 aliphatic rings. The fraction of sp³-hybridized carbons (Fsp3) is 0.455. The van der Waals surface area contributed by atoms with E-state index in [9.17, 15) is 26.7 Å². The number of anilines is 1. The fourth-order valence-electron chi connectivity index (χ4n) is 1.93. The summed E-state index contributed by atoms with van der Waals surface area (Å²) in [6.45, 7) is 0.629. The third kappa shape index (κ3) is 3.15. The molecule has 1 saturated heterocycles. The Morgan fingerprint density at radius 2 is 1.80 bits per heavy atom. The number of phenols is 1. The molecule has 0 spiro atoms. The zero-order chi connectivity index (χ0) is 15.0. The lowest BCUT2D eigenvalue weighted by molar-refractivity contribution is -0.137. The second-order valence-electron chi connectivity index (χ2n) is 4.44. The van der Waals surface area contributed by atoms with Crippen LogP contribution in [0.4, 0.5) is 18.9 Å². The second kappa shape index (κ2) is 5.13. The summed E-state index contributed by atoms with van der Waals surface area (Å²) < 4.78 is 64.7. The maximum absolute atomic E-state index is 12.6. The molecule has 0 aliphatic carbocycles. The van der Waals surface area contributed by atoms with Crippen molar-refractivity contribution in [2.45, 2.75) is 19.0 Å². The van der Waals surface area contributed by atoms with E-state index >= 15 is 0 Å². The lowest BCUT2D eigenvalue weighted by Crippen LogP contribution is -2.33. The zero-order valence-corrected chi connectivity index (χ0v) is 11.1. The average molecular weight is 310 g/mol. The van der Waals surface area contributed by atoms with E-state index in [-0.39, 0.29) is 0 Å². The van der Waals surface area contributed by atoms with Crippen molar-refractivity contribution in [3.63, 3.8) is 0 Å². The van der Waals surface area contributed by atoms with Gasteiger partial charge in [-0.15, -0.1) is 0 Å². The Balaban J connectivity index is 2.29. The van der Waals surface area contributed by atoms with Crippen LogP contribution >= 0.6 is 0 Å². The SMILES string of the molecule is O=S(=O)(Nc1cc(C(F)(F)F)ccc1O)N1CCCC1. The van der Waals surface area contributed by atoms with E-state index in [2.05, 4.69) is 0 Å². The van der Waals surface area contributed by atoms with Gasteiger partial charge in [0.2, 0.25) is 0 Å². The standard InChI is InChI=1S/C11H13F3N2O3S/c12-11(13,14)8-3-4-10(17)9(7-8)15-20(18,19)16-5-1-2-6-16/h3-4,7,15,17H,1-2,5-6H2. The normalized spacial score (nSPS) is 17.4. The monoisotopic (exact) mass is 310 g/mol. The molecule has 0 radical (unpaired) electrons. The van der Waals surface area contributed by atoms with Crippen molar-refractivity contribution < 1.29 is 26.7 Å². The molecule has 20 heavy (non-hydrogen) atoms. The molecule has 0 aromatic heterocycles. The van der Waals surface area contributed by atoms with Gasteiger partial charge >= 0.3 is 16.4 Å². The van der Waals surface area contributed by atoms with Crippen LogP contribution in [-0.4, -0.2) is 30.9 Å². The Bertz CT molecular complexity index is 595. The topological polar surface area (TPSA) is 69.6 Å². The van der Waals surface area contributed by atoms with Gasteiger partial charge in [0, 0.05) is 13.1 Å². The van der Waals surface area contributed by atoms with Gasteiger partial charge in [-0.25, -0.2) is 0 Å². The number of aromatic hydroxyl groups is 1. The van der Waals surface area contributed by atoms with E-state index in [1.54, 1.807) is 0 Å². The molecule has 0 saturated carbocycles. The molecule has 1 aromatic carbocycles. The van der Waals surface area contributed by atoms with Crippen molar-refractivity contribution in [3.05, 3.63) is 23.8 Å². The minimum absolute atomic E-state index is 0.315. The van der Waals surface area contributed by atoms with Crippen LogP contribution in [0.3, 0.4) is 0 Å². The maximum atomic E-state index is 12.6. The Morgan fingerprint density at radius 1 is 1.20 bits per heavy atom. The van der Waals surface area contributed by atoms with Crippen molar-refractivity contribution in [2.24, 2.45) is 0 Å². The summed E-state index contributed by atoms with van der Waals surface area (Å²) >= 11 is 0. The van der Waals surface area contributed by atoms with Crippen LogP contribution in [0, 0.1) is 0 Å². The average Bonchev–Trinajstić information content (AvgIpc) is 2.84. The molecule has 9 heteroatoms. The first-order chi connectivity index (χ1) is 9.20. The van der Waals surface area contributed by atoms with Gasteiger partial charge in [-0.3, -0.25) is 4.72 Å². The summed E-state index contributed by atoms with van der Waals surface area (Å²) in [7, 11) is -3.94. The van der Waals surface area contributed by atoms with Crippen molar-refractivity contribution in [1.82, 2.24) is 4.31 Å². The van der Waals surface area contributed by atoms with Crippen LogP contribution < -0.4 is 4.72 Å². The number of halogens is 3. The van der Waals surface area contributed by atoms with E-state index in [1.165, 1.54) is 0 Å². The van der Waals surface area contributed by atoms with Gasteiger partial charge in [0.05, 0.1) is 11.3 Å². The summed E-state index contributed by atoms with van der Waals surface area (Å²) in [4.78, 5) is 0. The Hall–Kier alpha value is -1.48. The van der Waals surface area contributed by atoms with Crippen molar-refractivity contribution in [3.8, 4) is 5.75 Å². The molecule has 1 fully saturated rings. The lowest BCUT2D eigenvalue weighted by atomic mass is 10.2. The summed E-state index contributed by atoms with van der Waals surface area (Å²) in [5, 5.41) is 9.49. The summed E-state index contributed by atoms with van der Waals surface area (Å²) in [6, 6.07) is 2.07. The smallest absolute Gasteiger partial charge is 0.416 e. The van der Waals surface area contributed by atoms with Gasteiger partial charge in [0.25, 0.3) is 0 Å². The van der Waals surface area contributed by atoms with Crippen LogP contribution in [-0.2, 0) is 16.4 Å². The lowest BCUT2D eigenvalue weighted by Gasteiger charge is -2.18. The molecule has 0 amide bonds. The van der Waals surface area contributed by atoms with Crippen molar-refractivity contribution in [2.75, 3.05) is 17.8 Å². The molecule has 1 aromatic rings. The van der Waals surface area contributed by atoms with Gasteiger partial charge in [-0.1, -0.05) is 0 Å². The van der Waals surface area contributed by atoms with Crippen LogP contribution in [0.5, 0.6) is 5.75 Å². The number of hydrogen-bond acceptors (Lipinski definition) is 3. The molecule has 1 heterocycles. The largest absolute Gasteiger partial charge is 0.506 e. The van der Waals surface area contributed by atoms with Crippen LogP contribution in [0.25, 0.3) is 0 Å². The van der Waals surface area contributed by atoms with E-state index in [0.717, 1.165) is 10.4 Å². The van der Waals surface area contributed by atoms with E-state index < -0.39 is 33.4 Å².